The Balaban J connectivity index is 2.02. The summed E-state index contributed by atoms with van der Waals surface area (Å²) in [6, 6.07) is 17.5. The average molecular weight is 517 g/mol. The summed E-state index contributed by atoms with van der Waals surface area (Å²) >= 11 is 3.47. The van der Waals surface area contributed by atoms with Crippen LogP contribution in [-0.2, 0) is 22.4 Å². The fourth-order valence-corrected chi connectivity index (χ4v) is 5.62. The first-order chi connectivity index (χ1) is 16.8. The Labute approximate surface area is 219 Å². The number of nitrogens with two attached hydrogens (primary N) is 1. The predicted molar refractivity (Wildman–Crippen MR) is 149 cm³/mol. The Bertz CT molecular complexity index is 939. The van der Waals surface area contributed by atoms with E-state index in [1.54, 1.807) is 30.4 Å². The van der Waals surface area contributed by atoms with E-state index in [1.807, 2.05) is 14.0 Å². The molecular formula is C27H40N4O2S2. The summed E-state index contributed by atoms with van der Waals surface area (Å²) in [6.07, 6.45) is 2.17. The van der Waals surface area contributed by atoms with Crippen molar-refractivity contribution in [2.24, 2.45) is 5.73 Å². The molecule has 0 spiro atoms. The van der Waals surface area contributed by atoms with E-state index in [2.05, 4.69) is 71.4 Å². The van der Waals surface area contributed by atoms with E-state index in [1.165, 1.54) is 16.0 Å². The Morgan fingerprint density at radius 1 is 0.914 bits per heavy atom. The van der Waals surface area contributed by atoms with Crippen molar-refractivity contribution in [2.45, 2.75) is 68.0 Å². The maximum absolute atomic E-state index is 12.5. The molecule has 0 aromatic heterocycles. The van der Waals surface area contributed by atoms with Crippen LogP contribution in [0.25, 0.3) is 0 Å². The smallest absolute Gasteiger partial charge is 0.239 e. The lowest BCUT2D eigenvalue weighted by molar-refractivity contribution is -0.126. The molecule has 0 heterocycles. The summed E-state index contributed by atoms with van der Waals surface area (Å²) in [5.41, 5.74) is 8.47. The molecule has 3 atom stereocenters. The van der Waals surface area contributed by atoms with E-state index >= 15 is 0 Å². The zero-order chi connectivity index (χ0) is 25.6. The summed E-state index contributed by atoms with van der Waals surface area (Å²) in [4.78, 5) is 26.4. The molecule has 0 aliphatic carbocycles. The fraction of sp³-hybridized carbons (Fsp3) is 0.481. The Hall–Kier alpha value is -2.00. The van der Waals surface area contributed by atoms with Gasteiger partial charge >= 0.3 is 0 Å². The summed E-state index contributed by atoms with van der Waals surface area (Å²) in [7, 11) is 1.98. The van der Waals surface area contributed by atoms with Crippen LogP contribution in [0.15, 0.2) is 58.3 Å². The van der Waals surface area contributed by atoms with Gasteiger partial charge in [0.1, 0.15) is 0 Å². The molecule has 5 N–H and O–H groups in total. The lowest BCUT2D eigenvalue weighted by Crippen LogP contribution is -2.44. The molecule has 1 unspecified atom stereocenters. The fourth-order valence-electron chi connectivity index (χ4n) is 3.46. The van der Waals surface area contributed by atoms with E-state index in [0.717, 1.165) is 29.2 Å². The second-order valence-corrected chi connectivity index (χ2v) is 11.1. The number of nitrogens with one attached hydrogen (secondary N) is 3. The zero-order valence-electron chi connectivity index (χ0n) is 21.3. The van der Waals surface area contributed by atoms with E-state index < -0.39 is 0 Å². The molecule has 2 aromatic rings. The number of carbonyl (C=O) groups is 2. The summed E-state index contributed by atoms with van der Waals surface area (Å²) in [6.45, 7) is 5.95. The maximum atomic E-state index is 12.5. The second kappa shape index (κ2) is 15.9. The van der Waals surface area contributed by atoms with Gasteiger partial charge in [0.05, 0.1) is 6.54 Å². The van der Waals surface area contributed by atoms with Crippen LogP contribution in [0.4, 0.5) is 0 Å². The average Bonchev–Trinajstić information content (AvgIpc) is 2.84. The predicted octanol–water partition coefficient (Wildman–Crippen LogP) is 3.62. The topological polar surface area (TPSA) is 96.2 Å². The van der Waals surface area contributed by atoms with Crippen LogP contribution < -0.4 is 21.7 Å². The van der Waals surface area contributed by atoms with Crippen molar-refractivity contribution in [3.05, 3.63) is 59.7 Å². The van der Waals surface area contributed by atoms with Gasteiger partial charge in [0.25, 0.3) is 0 Å². The minimum absolute atomic E-state index is 0.000227. The number of carbonyl (C=O) groups excluding carboxylic acids is 2. The molecule has 0 saturated heterocycles. The first-order valence-electron chi connectivity index (χ1n) is 12.2. The SMILES string of the molecule is CCC(=O)NCC(=O)NC(CSc1cccc(C[C@H](C)N)c1)CSc1cccc(C[C@H](C)NC)c1. The third kappa shape index (κ3) is 12.0. The first-order valence-corrected chi connectivity index (χ1v) is 14.2. The first kappa shape index (κ1) is 29.2. The van der Waals surface area contributed by atoms with Crippen LogP contribution in [-0.4, -0.2) is 55.0 Å². The molecule has 2 amide bonds. The van der Waals surface area contributed by atoms with Gasteiger partial charge in [0.2, 0.25) is 11.8 Å². The quantitative estimate of drug-likeness (QED) is 0.270. The molecule has 0 bridgehead atoms. The molecule has 0 aliphatic rings. The number of benzene rings is 2. The summed E-state index contributed by atoms with van der Waals surface area (Å²) in [5, 5.41) is 9.06. The van der Waals surface area contributed by atoms with Gasteiger partial charge in [0.15, 0.2) is 0 Å². The van der Waals surface area contributed by atoms with Crippen molar-refractivity contribution in [3.63, 3.8) is 0 Å². The van der Waals surface area contributed by atoms with Gasteiger partial charge < -0.3 is 21.7 Å². The van der Waals surface area contributed by atoms with Crippen LogP contribution in [0.1, 0.15) is 38.3 Å². The van der Waals surface area contributed by atoms with Crippen molar-refractivity contribution < 1.29 is 9.59 Å². The van der Waals surface area contributed by atoms with Crippen LogP contribution >= 0.6 is 23.5 Å². The molecule has 6 nitrogen and oxygen atoms in total. The number of hydrogen-bond donors (Lipinski definition) is 4. The molecular weight excluding hydrogens is 476 g/mol. The van der Waals surface area contributed by atoms with Gasteiger partial charge in [-0.05, 0) is 69.1 Å². The highest BCUT2D eigenvalue weighted by molar-refractivity contribution is 8.00. The highest BCUT2D eigenvalue weighted by Gasteiger charge is 2.15. The van der Waals surface area contributed by atoms with Gasteiger partial charge in [0, 0.05) is 45.8 Å². The molecule has 192 valence electrons. The minimum atomic E-state index is -0.166. The maximum Gasteiger partial charge on any atom is 0.239 e. The number of likely N-dealkylation sites (N-methyl/N-ethyl adjacent to an activating group) is 1. The van der Waals surface area contributed by atoms with E-state index in [0.29, 0.717) is 12.5 Å². The van der Waals surface area contributed by atoms with Crippen molar-refractivity contribution >= 4 is 35.3 Å². The van der Waals surface area contributed by atoms with Crippen molar-refractivity contribution in [2.75, 3.05) is 25.1 Å². The summed E-state index contributed by atoms with van der Waals surface area (Å²) < 4.78 is 0. The molecule has 0 saturated carbocycles. The molecule has 8 heteroatoms. The molecule has 0 fully saturated rings. The van der Waals surface area contributed by atoms with E-state index in [-0.39, 0.29) is 30.4 Å². The largest absolute Gasteiger partial charge is 0.350 e. The Kier molecular flexibility index (Phi) is 13.3. The number of hydrogen-bond acceptors (Lipinski definition) is 6. The Morgan fingerprint density at radius 3 is 2.00 bits per heavy atom. The molecule has 2 aromatic carbocycles. The third-order valence-electron chi connectivity index (χ3n) is 5.42. The number of rotatable bonds is 15. The van der Waals surface area contributed by atoms with Crippen LogP contribution in [0, 0.1) is 0 Å². The lowest BCUT2D eigenvalue weighted by atomic mass is 10.1. The van der Waals surface area contributed by atoms with Gasteiger partial charge in [-0.2, -0.15) is 0 Å². The van der Waals surface area contributed by atoms with Crippen LogP contribution in [0.2, 0.25) is 0 Å². The normalized spacial score (nSPS) is 13.6. The standard InChI is InChI=1S/C27H40N4O2S2/c1-5-26(32)30-16-27(33)31-23(17-34-24-10-6-8-21(14-24)12-19(2)28)18-35-25-11-7-9-22(15-25)13-20(3)29-4/h6-11,14-15,19-20,23,29H,5,12-13,16-18,28H2,1-4H3,(H,30,32)(H,31,33)/t19-,20-,23?/m0/s1. The van der Waals surface area contributed by atoms with Gasteiger partial charge in [-0.15, -0.1) is 23.5 Å². The highest BCUT2D eigenvalue weighted by Crippen LogP contribution is 2.25. The zero-order valence-corrected chi connectivity index (χ0v) is 22.9. The van der Waals surface area contributed by atoms with E-state index in [9.17, 15) is 9.59 Å². The molecule has 0 radical (unpaired) electrons. The van der Waals surface area contributed by atoms with Crippen molar-refractivity contribution in [1.29, 1.82) is 0 Å². The second-order valence-electron chi connectivity index (χ2n) is 8.89. The number of thioether (sulfide) groups is 2. The third-order valence-corrected chi connectivity index (χ3v) is 7.74. The minimum Gasteiger partial charge on any atom is -0.350 e. The summed E-state index contributed by atoms with van der Waals surface area (Å²) in [5.74, 6) is 1.18. The van der Waals surface area contributed by atoms with Crippen molar-refractivity contribution in [3.8, 4) is 0 Å². The van der Waals surface area contributed by atoms with Crippen LogP contribution in [0.5, 0.6) is 0 Å². The molecule has 0 aliphatic heterocycles. The monoisotopic (exact) mass is 516 g/mol. The van der Waals surface area contributed by atoms with Gasteiger partial charge in [-0.3, -0.25) is 9.59 Å². The molecule has 2 rings (SSSR count). The lowest BCUT2D eigenvalue weighted by Gasteiger charge is -2.19. The van der Waals surface area contributed by atoms with Crippen molar-refractivity contribution in [1.82, 2.24) is 16.0 Å². The van der Waals surface area contributed by atoms with E-state index in [4.69, 9.17) is 5.73 Å². The number of amides is 2. The van der Waals surface area contributed by atoms with Gasteiger partial charge in [-0.25, -0.2) is 0 Å². The molecule has 35 heavy (non-hydrogen) atoms. The highest BCUT2D eigenvalue weighted by atomic mass is 32.2. The van der Waals surface area contributed by atoms with Crippen LogP contribution in [0.3, 0.4) is 0 Å². The Morgan fingerprint density at radius 2 is 1.49 bits per heavy atom. The van der Waals surface area contributed by atoms with Gasteiger partial charge in [-0.1, -0.05) is 31.2 Å².